The largest absolute Gasteiger partial charge is 0.478 e. The van der Waals surface area contributed by atoms with E-state index in [1.165, 1.54) is 0 Å². The lowest BCUT2D eigenvalue weighted by Crippen LogP contribution is -2.16. The molecule has 4 N–H and O–H groups in total. The summed E-state index contributed by atoms with van der Waals surface area (Å²) in [5, 5.41) is 34.1. The number of hydrogen-bond acceptors (Lipinski definition) is 4. The summed E-state index contributed by atoms with van der Waals surface area (Å²) in [5.41, 5.74) is 2.03. The number of carboxylic acids is 1. The molecule has 0 aromatic carbocycles. The van der Waals surface area contributed by atoms with Crippen LogP contribution in [0.15, 0.2) is 23.8 Å². The van der Waals surface area contributed by atoms with E-state index in [1.807, 2.05) is 13.8 Å². The minimum absolute atomic E-state index is 0.0585. The first-order chi connectivity index (χ1) is 7.94. The third-order valence-electron chi connectivity index (χ3n) is 2.13. The standard InChI is InChI=1S/C9H18O3.C3H4O2/c1-7(2)9(3-4-10)8(5-11)6-12;1-2-3(4)5/h8,10-12H,3-6H2,1-2H3;2H,1H2,(H,4,5). The first kappa shape index (κ1) is 18.2. The molecule has 0 amide bonds. The normalized spacial score (nSPS) is 9.29. The Balaban J connectivity index is 0. The second-order valence-electron chi connectivity index (χ2n) is 3.60. The third-order valence-corrected chi connectivity index (χ3v) is 2.13. The third kappa shape index (κ3) is 9.74. The molecule has 0 unspecified atom stereocenters. The van der Waals surface area contributed by atoms with Gasteiger partial charge in [-0.3, -0.25) is 0 Å². The molecule has 0 rings (SSSR count). The van der Waals surface area contributed by atoms with E-state index in [0.717, 1.165) is 17.2 Å². The molecule has 0 heterocycles. The van der Waals surface area contributed by atoms with Crippen molar-refractivity contribution < 1.29 is 25.2 Å². The highest BCUT2D eigenvalue weighted by molar-refractivity contribution is 5.78. The number of aliphatic hydroxyl groups excluding tert-OH is 3. The molecule has 0 atom stereocenters. The van der Waals surface area contributed by atoms with Crippen LogP contribution in [0.5, 0.6) is 0 Å². The molecular weight excluding hydrogens is 224 g/mol. The molecule has 17 heavy (non-hydrogen) atoms. The summed E-state index contributed by atoms with van der Waals surface area (Å²) in [6, 6.07) is 0. The summed E-state index contributed by atoms with van der Waals surface area (Å²) in [6.45, 7) is 6.75. The maximum atomic E-state index is 9.25. The first-order valence-electron chi connectivity index (χ1n) is 5.28. The fourth-order valence-corrected chi connectivity index (χ4v) is 1.26. The van der Waals surface area contributed by atoms with Gasteiger partial charge in [0.1, 0.15) is 0 Å². The van der Waals surface area contributed by atoms with Crippen molar-refractivity contribution >= 4 is 5.97 Å². The van der Waals surface area contributed by atoms with Crippen molar-refractivity contribution in [3.8, 4) is 0 Å². The molecule has 0 aromatic rings. The van der Waals surface area contributed by atoms with Crippen LogP contribution in [-0.4, -0.2) is 46.2 Å². The Labute approximate surface area is 102 Å². The van der Waals surface area contributed by atoms with Crippen molar-refractivity contribution in [2.24, 2.45) is 5.92 Å². The van der Waals surface area contributed by atoms with E-state index >= 15 is 0 Å². The number of carboxylic acid groups (broad SMARTS) is 1. The molecule has 0 aromatic heterocycles. The maximum Gasteiger partial charge on any atom is 0.327 e. The van der Waals surface area contributed by atoms with Crippen LogP contribution in [0.2, 0.25) is 0 Å². The Hall–Kier alpha value is -1.17. The monoisotopic (exact) mass is 246 g/mol. The fourth-order valence-electron chi connectivity index (χ4n) is 1.26. The maximum absolute atomic E-state index is 9.25. The highest BCUT2D eigenvalue weighted by Crippen LogP contribution is 2.18. The Morgan fingerprint density at radius 2 is 1.65 bits per heavy atom. The van der Waals surface area contributed by atoms with Gasteiger partial charge in [0.15, 0.2) is 0 Å². The zero-order valence-corrected chi connectivity index (χ0v) is 10.4. The second kappa shape index (κ2) is 11.3. The molecular formula is C12H22O5. The molecule has 0 aliphatic carbocycles. The first-order valence-corrected chi connectivity index (χ1v) is 5.28. The van der Waals surface area contributed by atoms with Crippen molar-refractivity contribution in [3.05, 3.63) is 23.8 Å². The molecule has 0 spiro atoms. The van der Waals surface area contributed by atoms with E-state index in [9.17, 15) is 4.79 Å². The van der Waals surface area contributed by atoms with E-state index in [-0.39, 0.29) is 25.7 Å². The van der Waals surface area contributed by atoms with Crippen LogP contribution in [-0.2, 0) is 4.79 Å². The van der Waals surface area contributed by atoms with Gasteiger partial charge in [-0.05, 0) is 20.3 Å². The van der Waals surface area contributed by atoms with Crippen LogP contribution in [0.3, 0.4) is 0 Å². The van der Waals surface area contributed by atoms with Crippen LogP contribution in [0.4, 0.5) is 0 Å². The predicted octanol–water partition coefficient (Wildman–Crippen LogP) is 0.563. The number of rotatable bonds is 6. The van der Waals surface area contributed by atoms with Gasteiger partial charge in [-0.1, -0.05) is 17.7 Å². The Kier molecular flexibility index (Phi) is 12.1. The van der Waals surface area contributed by atoms with Gasteiger partial charge in [0, 0.05) is 18.6 Å². The molecule has 0 fully saturated rings. The number of allylic oxidation sites excluding steroid dienone is 1. The lowest BCUT2D eigenvalue weighted by molar-refractivity contribution is -0.131. The van der Waals surface area contributed by atoms with Gasteiger partial charge in [0.2, 0.25) is 0 Å². The Morgan fingerprint density at radius 3 is 1.82 bits per heavy atom. The van der Waals surface area contributed by atoms with Gasteiger partial charge in [-0.25, -0.2) is 4.79 Å². The second-order valence-corrected chi connectivity index (χ2v) is 3.60. The van der Waals surface area contributed by atoms with Crippen molar-refractivity contribution in [2.45, 2.75) is 20.3 Å². The summed E-state index contributed by atoms with van der Waals surface area (Å²) >= 11 is 0. The average molecular weight is 246 g/mol. The highest BCUT2D eigenvalue weighted by atomic mass is 16.4. The molecule has 0 radical (unpaired) electrons. The lowest BCUT2D eigenvalue weighted by Gasteiger charge is -2.16. The summed E-state index contributed by atoms with van der Waals surface area (Å²) < 4.78 is 0. The average Bonchev–Trinajstić information content (AvgIpc) is 2.30. The van der Waals surface area contributed by atoms with E-state index in [2.05, 4.69) is 6.58 Å². The van der Waals surface area contributed by atoms with E-state index < -0.39 is 5.97 Å². The van der Waals surface area contributed by atoms with Gasteiger partial charge in [0.25, 0.3) is 0 Å². The minimum Gasteiger partial charge on any atom is -0.478 e. The van der Waals surface area contributed by atoms with Gasteiger partial charge in [-0.15, -0.1) is 0 Å². The molecule has 5 heteroatoms. The van der Waals surface area contributed by atoms with Crippen molar-refractivity contribution in [1.82, 2.24) is 0 Å². The van der Waals surface area contributed by atoms with E-state index in [0.29, 0.717) is 6.42 Å². The van der Waals surface area contributed by atoms with Gasteiger partial charge >= 0.3 is 5.97 Å². The number of carbonyl (C=O) groups is 1. The predicted molar refractivity (Wildman–Crippen MR) is 65.6 cm³/mol. The Bertz CT molecular complexity index is 250. The van der Waals surface area contributed by atoms with Crippen LogP contribution in [0.1, 0.15) is 20.3 Å². The van der Waals surface area contributed by atoms with Crippen molar-refractivity contribution in [1.29, 1.82) is 0 Å². The van der Waals surface area contributed by atoms with Gasteiger partial charge in [-0.2, -0.15) is 0 Å². The summed E-state index contributed by atoms with van der Waals surface area (Å²) in [7, 11) is 0. The molecule has 0 aliphatic heterocycles. The highest BCUT2D eigenvalue weighted by Gasteiger charge is 2.12. The van der Waals surface area contributed by atoms with Gasteiger partial charge < -0.3 is 20.4 Å². The smallest absolute Gasteiger partial charge is 0.327 e. The quantitative estimate of drug-likeness (QED) is 0.405. The van der Waals surface area contributed by atoms with E-state index in [1.54, 1.807) is 0 Å². The molecule has 0 saturated carbocycles. The summed E-state index contributed by atoms with van der Waals surface area (Å²) in [4.78, 5) is 9.25. The van der Waals surface area contributed by atoms with Crippen molar-refractivity contribution in [3.63, 3.8) is 0 Å². The van der Waals surface area contributed by atoms with Crippen LogP contribution < -0.4 is 0 Å². The fraction of sp³-hybridized carbons (Fsp3) is 0.583. The van der Waals surface area contributed by atoms with Crippen LogP contribution >= 0.6 is 0 Å². The topological polar surface area (TPSA) is 98.0 Å². The SMILES string of the molecule is C=CC(=O)O.CC(C)=C(CCO)C(CO)CO. The minimum atomic E-state index is -0.981. The zero-order valence-electron chi connectivity index (χ0n) is 10.4. The Morgan fingerprint density at radius 1 is 1.24 bits per heavy atom. The molecule has 0 saturated heterocycles. The van der Waals surface area contributed by atoms with Crippen molar-refractivity contribution in [2.75, 3.05) is 19.8 Å². The number of aliphatic carboxylic acids is 1. The number of hydrogen-bond donors (Lipinski definition) is 4. The lowest BCUT2D eigenvalue weighted by atomic mass is 9.94. The number of aliphatic hydroxyl groups is 3. The molecule has 100 valence electrons. The van der Waals surface area contributed by atoms with Gasteiger partial charge in [0.05, 0.1) is 13.2 Å². The molecule has 0 aliphatic rings. The molecule has 5 nitrogen and oxygen atoms in total. The molecule has 0 bridgehead atoms. The van der Waals surface area contributed by atoms with Crippen LogP contribution in [0.25, 0.3) is 0 Å². The summed E-state index contributed by atoms with van der Waals surface area (Å²) in [5.74, 6) is -1.19. The zero-order chi connectivity index (χ0) is 13.8. The van der Waals surface area contributed by atoms with E-state index in [4.69, 9.17) is 20.4 Å². The summed E-state index contributed by atoms with van der Waals surface area (Å²) in [6.07, 6.45) is 1.37. The van der Waals surface area contributed by atoms with Crippen LogP contribution in [0, 0.1) is 5.92 Å².